The molecule has 3 rings (SSSR count). The van der Waals surface area contributed by atoms with Gasteiger partial charge in [-0.2, -0.15) is 0 Å². The van der Waals surface area contributed by atoms with Crippen LogP contribution in [0.5, 0.6) is 0 Å². The molecule has 1 amide bonds. The van der Waals surface area contributed by atoms with Crippen LogP contribution in [0.3, 0.4) is 0 Å². The standard InChI is InChI=1S/C21H22Cl2N2O5S/c22-15-9-10-17(23)19(13-15)31(28,29)24-18-8-4-3-7-16(18)21(27)30-14-20(26)25-11-5-1-2-6-12-25/h3-4,7-10,13,24H,1-2,5-6,11-12,14H2. The Morgan fingerprint density at radius 2 is 1.68 bits per heavy atom. The van der Waals surface area contributed by atoms with E-state index in [4.69, 9.17) is 27.9 Å². The van der Waals surface area contributed by atoms with Gasteiger partial charge in [-0.3, -0.25) is 9.52 Å². The second-order valence-electron chi connectivity index (χ2n) is 7.10. The summed E-state index contributed by atoms with van der Waals surface area (Å²) in [7, 11) is -4.12. The minimum absolute atomic E-state index is 0.00534. The van der Waals surface area contributed by atoms with E-state index in [1.54, 1.807) is 17.0 Å². The number of carbonyl (C=O) groups is 2. The molecule has 2 aromatic rings. The SMILES string of the molecule is O=C(OCC(=O)N1CCCCCC1)c1ccccc1NS(=O)(=O)c1cc(Cl)ccc1Cl. The monoisotopic (exact) mass is 484 g/mol. The van der Waals surface area contributed by atoms with Crippen LogP contribution in [0.4, 0.5) is 5.69 Å². The molecule has 10 heteroatoms. The number of hydrogen-bond donors (Lipinski definition) is 1. The second kappa shape index (κ2) is 10.3. The number of benzene rings is 2. The summed E-state index contributed by atoms with van der Waals surface area (Å²) in [4.78, 5) is 26.4. The zero-order valence-electron chi connectivity index (χ0n) is 16.6. The van der Waals surface area contributed by atoms with E-state index in [1.165, 1.54) is 30.3 Å². The molecule has 1 saturated heterocycles. The molecule has 0 spiro atoms. The molecule has 1 fully saturated rings. The first-order valence-corrected chi connectivity index (χ1v) is 12.0. The number of anilines is 1. The number of amides is 1. The number of carbonyl (C=O) groups excluding carboxylic acids is 2. The summed E-state index contributed by atoms with van der Waals surface area (Å²) in [5, 5.41) is 0.185. The minimum Gasteiger partial charge on any atom is -0.452 e. The number of para-hydroxylation sites is 1. The first-order valence-electron chi connectivity index (χ1n) is 9.80. The van der Waals surface area contributed by atoms with Crippen molar-refractivity contribution in [3.63, 3.8) is 0 Å². The number of esters is 1. The van der Waals surface area contributed by atoms with Crippen molar-refractivity contribution in [3.05, 3.63) is 58.1 Å². The van der Waals surface area contributed by atoms with Crippen LogP contribution in [0.15, 0.2) is 47.4 Å². The van der Waals surface area contributed by atoms with E-state index in [9.17, 15) is 18.0 Å². The number of hydrogen-bond acceptors (Lipinski definition) is 5. The lowest BCUT2D eigenvalue weighted by Crippen LogP contribution is -2.35. The van der Waals surface area contributed by atoms with Crippen molar-refractivity contribution in [2.45, 2.75) is 30.6 Å². The van der Waals surface area contributed by atoms with Crippen molar-refractivity contribution in [3.8, 4) is 0 Å². The van der Waals surface area contributed by atoms with E-state index in [2.05, 4.69) is 4.72 Å². The van der Waals surface area contributed by atoms with Gasteiger partial charge in [-0.1, -0.05) is 48.2 Å². The third kappa shape index (κ3) is 6.12. The highest BCUT2D eigenvalue weighted by atomic mass is 35.5. The molecule has 0 radical (unpaired) electrons. The Labute approximate surface area is 191 Å². The molecular formula is C21H22Cl2N2O5S. The Balaban J connectivity index is 1.73. The zero-order chi connectivity index (χ0) is 22.4. The van der Waals surface area contributed by atoms with Crippen LogP contribution in [-0.4, -0.2) is 44.9 Å². The lowest BCUT2D eigenvalue weighted by atomic mass is 10.2. The molecule has 0 bridgehead atoms. The highest BCUT2D eigenvalue weighted by Crippen LogP contribution is 2.28. The molecule has 1 aliphatic heterocycles. The third-order valence-corrected chi connectivity index (χ3v) is 6.94. The largest absolute Gasteiger partial charge is 0.452 e. The molecule has 0 aliphatic carbocycles. The fourth-order valence-electron chi connectivity index (χ4n) is 3.25. The maximum absolute atomic E-state index is 12.8. The average molecular weight is 485 g/mol. The Kier molecular flexibility index (Phi) is 7.80. The molecule has 166 valence electrons. The first kappa shape index (κ1) is 23.4. The van der Waals surface area contributed by atoms with Crippen molar-refractivity contribution < 1.29 is 22.7 Å². The summed E-state index contributed by atoms with van der Waals surface area (Å²) in [6, 6.07) is 10.0. The van der Waals surface area contributed by atoms with E-state index in [1.807, 2.05) is 0 Å². The smallest absolute Gasteiger partial charge is 0.340 e. The van der Waals surface area contributed by atoms with Gasteiger partial charge in [0.05, 0.1) is 16.3 Å². The Bertz CT molecular complexity index is 1070. The minimum atomic E-state index is -4.12. The van der Waals surface area contributed by atoms with Crippen LogP contribution < -0.4 is 4.72 Å². The second-order valence-corrected chi connectivity index (χ2v) is 9.59. The highest BCUT2D eigenvalue weighted by molar-refractivity contribution is 7.92. The Morgan fingerprint density at radius 3 is 2.39 bits per heavy atom. The normalized spacial score (nSPS) is 14.6. The maximum atomic E-state index is 12.8. The molecule has 7 nitrogen and oxygen atoms in total. The van der Waals surface area contributed by atoms with Gasteiger partial charge in [0.1, 0.15) is 4.90 Å². The van der Waals surface area contributed by atoms with Gasteiger partial charge in [0.25, 0.3) is 15.9 Å². The summed E-state index contributed by atoms with van der Waals surface area (Å²) in [6.07, 6.45) is 4.01. The first-order chi connectivity index (χ1) is 14.8. The van der Waals surface area contributed by atoms with E-state index >= 15 is 0 Å². The number of ether oxygens (including phenoxy) is 1. The molecule has 0 saturated carbocycles. The van der Waals surface area contributed by atoms with Gasteiger partial charge in [-0.05, 0) is 43.2 Å². The van der Waals surface area contributed by atoms with Crippen LogP contribution in [0.1, 0.15) is 36.0 Å². The predicted molar refractivity (Wildman–Crippen MR) is 119 cm³/mol. The molecule has 31 heavy (non-hydrogen) atoms. The van der Waals surface area contributed by atoms with Gasteiger partial charge in [-0.15, -0.1) is 0 Å². The van der Waals surface area contributed by atoms with Gasteiger partial charge in [-0.25, -0.2) is 13.2 Å². The number of sulfonamides is 1. The average Bonchev–Trinajstić information content (AvgIpc) is 3.03. The van der Waals surface area contributed by atoms with Gasteiger partial charge < -0.3 is 9.64 Å². The molecule has 0 unspecified atom stereocenters. The molecule has 1 N–H and O–H groups in total. The summed E-state index contributed by atoms with van der Waals surface area (Å²) in [6.45, 7) is 0.889. The Hall–Kier alpha value is -2.29. The number of rotatable bonds is 6. The van der Waals surface area contributed by atoms with Gasteiger partial charge in [0.15, 0.2) is 6.61 Å². The van der Waals surface area contributed by atoms with Gasteiger partial charge >= 0.3 is 5.97 Å². The lowest BCUT2D eigenvalue weighted by Gasteiger charge is -2.20. The third-order valence-electron chi connectivity index (χ3n) is 4.86. The van der Waals surface area contributed by atoms with E-state index in [0.29, 0.717) is 13.1 Å². The maximum Gasteiger partial charge on any atom is 0.340 e. The number of likely N-dealkylation sites (tertiary alicyclic amines) is 1. The van der Waals surface area contributed by atoms with Gasteiger partial charge in [0, 0.05) is 18.1 Å². The van der Waals surface area contributed by atoms with Crippen LogP contribution in [0.2, 0.25) is 10.0 Å². The number of nitrogens with one attached hydrogen (secondary N) is 1. The summed E-state index contributed by atoms with van der Waals surface area (Å²) in [5.74, 6) is -1.07. The fourth-order valence-corrected chi connectivity index (χ4v) is 5.09. The molecule has 1 heterocycles. The van der Waals surface area contributed by atoms with E-state index in [-0.39, 0.29) is 32.1 Å². The number of halogens is 2. The molecule has 0 aromatic heterocycles. The van der Waals surface area contributed by atoms with E-state index < -0.39 is 22.6 Å². The van der Waals surface area contributed by atoms with Crippen molar-refractivity contribution in [1.82, 2.24) is 4.90 Å². The van der Waals surface area contributed by atoms with Crippen LogP contribution in [0.25, 0.3) is 0 Å². The van der Waals surface area contributed by atoms with Crippen molar-refractivity contribution in [2.24, 2.45) is 0 Å². The molecule has 2 aromatic carbocycles. The highest BCUT2D eigenvalue weighted by Gasteiger charge is 2.23. The topological polar surface area (TPSA) is 92.8 Å². The molecule has 0 atom stereocenters. The van der Waals surface area contributed by atoms with Crippen LogP contribution in [-0.2, 0) is 19.6 Å². The fraction of sp³-hybridized carbons (Fsp3) is 0.333. The summed E-state index contributed by atoms with van der Waals surface area (Å²) in [5.41, 5.74) is -0.0151. The zero-order valence-corrected chi connectivity index (χ0v) is 19.0. The van der Waals surface area contributed by atoms with Gasteiger partial charge in [0.2, 0.25) is 0 Å². The quantitative estimate of drug-likeness (QED) is 0.614. The van der Waals surface area contributed by atoms with Crippen molar-refractivity contribution >= 4 is 50.8 Å². The van der Waals surface area contributed by atoms with E-state index in [0.717, 1.165) is 25.7 Å². The molecular weight excluding hydrogens is 463 g/mol. The van der Waals surface area contributed by atoms with Crippen molar-refractivity contribution in [1.29, 1.82) is 0 Å². The van der Waals surface area contributed by atoms with Crippen molar-refractivity contribution in [2.75, 3.05) is 24.4 Å². The Morgan fingerprint density at radius 1 is 1.00 bits per heavy atom. The number of nitrogens with zero attached hydrogens (tertiary/aromatic N) is 1. The summed E-state index contributed by atoms with van der Waals surface area (Å²) < 4.78 is 33.1. The predicted octanol–water partition coefficient (Wildman–Crippen LogP) is 4.35. The van der Waals surface area contributed by atoms with Crippen LogP contribution >= 0.6 is 23.2 Å². The summed E-state index contributed by atoms with van der Waals surface area (Å²) >= 11 is 11.9. The van der Waals surface area contributed by atoms with Crippen LogP contribution in [0, 0.1) is 0 Å². The molecule has 1 aliphatic rings. The lowest BCUT2D eigenvalue weighted by molar-refractivity contribution is -0.134.